The number of ether oxygens (including phenoxy) is 2. The number of hydrogen-bond donors (Lipinski definition) is 2. The molecule has 0 fully saturated rings. The molecule has 5 nitrogen and oxygen atoms in total. The van der Waals surface area contributed by atoms with E-state index in [0.717, 1.165) is 22.5 Å². The zero-order valence-electron chi connectivity index (χ0n) is 16.8. The van der Waals surface area contributed by atoms with Crippen LogP contribution in [-0.2, 0) is 11.3 Å². The zero-order valence-corrected chi connectivity index (χ0v) is 16.8. The van der Waals surface area contributed by atoms with E-state index < -0.39 is 0 Å². The number of carbonyl (C=O) groups excluding carboxylic acids is 1. The fourth-order valence-corrected chi connectivity index (χ4v) is 2.79. The Hall–Kier alpha value is -3.47. The Labute approximate surface area is 171 Å². The lowest BCUT2D eigenvalue weighted by Crippen LogP contribution is -2.20. The number of hydrogen-bond acceptors (Lipinski definition) is 4. The molecule has 0 aliphatic rings. The molecule has 2 N–H and O–H groups in total. The third-order valence-electron chi connectivity index (χ3n) is 4.27. The van der Waals surface area contributed by atoms with Crippen LogP contribution in [0.1, 0.15) is 18.1 Å². The molecule has 3 aromatic rings. The summed E-state index contributed by atoms with van der Waals surface area (Å²) in [5, 5.41) is 6.20. The molecule has 150 valence electrons. The van der Waals surface area contributed by atoms with Crippen LogP contribution in [0.15, 0.2) is 72.8 Å². The third kappa shape index (κ3) is 6.28. The molecule has 0 unspecified atom stereocenters. The van der Waals surface area contributed by atoms with Crippen LogP contribution in [0.25, 0.3) is 0 Å². The van der Waals surface area contributed by atoms with Gasteiger partial charge in [0.15, 0.2) is 18.1 Å². The van der Waals surface area contributed by atoms with Crippen LogP contribution in [0.4, 0.5) is 11.4 Å². The van der Waals surface area contributed by atoms with Crippen molar-refractivity contribution in [1.29, 1.82) is 0 Å². The van der Waals surface area contributed by atoms with Crippen molar-refractivity contribution in [2.45, 2.75) is 20.4 Å². The van der Waals surface area contributed by atoms with E-state index in [1.807, 2.05) is 86.6 Å². The first kappa shape index (κ1) is 20.3. The maximum atomic E-state index is 12.2. The molecule has 1 amide bonds. The van der Waals surface area contributed by atoms with Crippen molar-refractivity contribution in [3.8, 4) is 11.5 Å². The summed E-state index contributed by atoms with van der Waals surface area (Å²) in [6.45, 7) is 5.01. The number of para-hydroxylation sites is 1. The van der Waals surface area contributed by atoms with Crippen LogP contribution >= 0.6 is 0 Å². The average molecular weight is 390 g/mol. The van der Waals surface area contributed by atoms with Gasteiger partial charge in [-0.25, -0.2) is 0 Å². The fourth-order valence-electron chi connectivity index (χ4n) is 2.79. The van der Waals surface area contributed by atoms with Gasteiger partial charge in [0.25, 0.3) is 5.91 Å². The molecule has 3 aromatic carbocycles. The molecule has 0 aromatic heterocycles. The van der Waals surface area contributed by atoms with Gasteiger partial charge in [-0.3, -0.25) is 4.79 Å². The lowest BCUT2D eigenvalue weighted by molar-refractivity contribution is -0.118. The Balaban J connectivity index is 1.59. The SMILES string of the molecule is CCOc1cc(CNc2ccccc2)ccc1OCC(=O)Nc1ccc(C)cc1. The minimum absolute atomic E-state index is 0.0877. The second-order valence-electron chi connectivity index (χ2n) is 6.64. The van der Waals surface area contributed by atoms with Gasteiger partial charge in [-0.05, 0) is 55.8 Å². The monoisotopic (exact) mass is 390 g/mol. The second-order valence-corrected chi connectivity index (χ2v) is 6.64. The molecule has 3 rings (SSSR count). The highest BCUT2D eigenvalue weighted by molar-refractivity contribution is 5.91. The molecule has 0 saturated carbocycles. The van der Waals surface area contributed by atoms with E-state index in [9.17, 15) is 4.79 Å². The molecule has 5 heteroatoms. The summed E-state index contributed by atoms with van der Waals surface area (Å²) in [5.41, 5.74) is 4.01. The Morgan fingerprint density at radius 2 is 1.62 bits per heavy atom. The van der Waals surface area contributed by atoms with Crippen molar-refractivity contribution in [3.05, 3.63) is 83.9 Å². The normalized spacial score (nSPS) is 10.3. The average Bonchev–Trinajstić information content (AvgIpc) is 2.74. The Kier molecular flexibility index (Phi) is 7.11. The molecular formula is C24H26N2O3. The molecule has 0 aliphatic carbocycles. The third-order valence-corrected chi connectivity index (χ3v) is 4.27. The lowest BCUT2D eigenvalue weighted by Gasteiger charge is -2.14. The molecule has 0 aliphatic heterocycles. The first-order valence-electron chi connectivity index (χ1n) is 9.68. The van der Waals surface area contributed by atoms with Crippen LogP contribution in [0, 0.1) is 6.92 Å². The number of amides is 1. The summed E-state index contributed by atoms with van der Waals surface area (Å²) in [6.07, 6.45) is 0. The van der Waals surface area contributed by atoms with E-state index in [1.54, 1.807) is 0 Å². The summed E-state index contributed by atoms with van der Waals surface area (Å²) in [4.78, 5) is 12.2. The summed E-state index contributed by atoms with van der Waals surface area (Å²) >= 11 is 0. The van der Waals surface area contributed by atoms with Crippen LogP contribution in [0.2, 0.25) is 0 Å². The van der Waals surface area contributed by atoms with E-state index in [2.05, 4.69) is 10.6 Å². The van der Waals surface area contributed by atoms with Crippen molar-refractivity contribution in [3.63, 3.8) is 0 Å². The first-order chi connectivity index (χ1) is 14.1. The van der Waals surface area contributed by atoms with E-state index in [1.165, 1.54) is 0 Å². The van der Waals surface area contributed by atoms with Crippen molar-refractivity contribution >= 4 is 17.3 Å². The molecule has 29 heavy (non-hydrogen) atoms. The van der Waals surface area contributed by atoms with Crippen molar-refractivity contribution in [2.75, 3.05) is 23.8 Å². The second kappa shape index (κ2) is 10.2. The number of benzene rings is 3. The van der Waals surface area contributed by atoms with Crippen molar-refractivity contribution in [2.24, 2.45) is 0 Å². The molecular weight excluding hydrogens is 364 g/mol. The molecule has 0 saturated heterocycles. The largest absolute Gasteiger partial charge is 0.490 e. The molecule has 0 radical (unpaired) electrons. The van der Waals surface area contributed by atoms with Gasteiger partial charge >= 0.3 is 0 Å². The summed E-state index contributed by atoms with van der Waals surface area (Å²) in [6, 6.07) is 23.4. The van der Waals surface area contributed by atoms with Gasteiger partial charge in [-0.15, -0.1) is 0 Å². The van der Waals surface area contributed by atoms with Gasteiger partial charge in [0, 0.05) is 17.9 Å². The maximum Gasteiger partial charge on any atom is 0.262 e. The smallest absolute Gasteiger partial charge is 0.262 e. The maximum absolute atomic E-state index is 12.2. The van der Waals surface area contributed by atoms with Gasteiger partial charge < -0.3 is 20.1 Å². The van der Waals surface area contributed by atoms with E-state index in [4.69, 9.17) is 9.47 Å². The Morgan fingerprint density at radius 3 is 2.34 bits per heavy atom. The topological polar surface area (TPSA) is 59.6 Å². The summed E-state index contributed by atoms with van der Waals surface area (Å²) in [5.74, 6) is 0.962. The highest BCUT2D eigenvalue weighted by atomic mass is 16.5. The van der Waals surface area contributed by atoms with Crippen LogP contribution < -0.4 is 20.1 Å². The Bertz CT molecular complexity index is 925. The predicted octanol–water partition coefficient (Wildman–Crippen LogP) is 5.02. The van der Waals surface area contributed by atoms with Gasteiger partial charge in [0.05, 0.1) is 6.61 Å². The van der Waals surface area contributed by atoms with Gasteiger partial charge in [0.2, 0.25) is 0 Å². The number of anilines is 2. The first-order valence-corrected chi connectivity index (χ1v) is 9.68. The minimum Gasteiger partial charge on any atom is -0.490 e. The van der Waals surface area contributed by atoms with Gasteiger partial charge in [-0.2, -0.15) is 0 Å². The molecule has 0 bridgehead atoms. The Morgan fingerprint density at radius 1 is 0.862 bits per heavy atom. The van der Waals surface area contributed by atoms with E-state index in [0.29, 0.717) is 24.7 Å². The van der Waals surface area contributed by atoms with Gasteiger partial charge in [0.1, 0.15) is 0 Å². The molecule has 0 spiro atoms. The highest BCUT2D eigenvalue weighted by Gasteiger charge is 2.10. The van der Waals surface area contributed by atoms with Gasteiger partial charge in [-0.1, -0.05) is 42.0 Å². The summed E-state index contributed by atoms with van der Waals surface area (Å²) < 4.78 is 11.4. The van der Waals surface area contributed by atoms with Crippen LogP contribution in [0.3, 0.4) is 0 Å². The number of rotatable bonds is 9. The van der Waals surface area contributed by atoms with Crippen molar-refractivity contribution in [1.82, 2.24) is 0 Å². The lowest BCUT2D eigenvalue weighted by atomic mass is 10.2. The zero-order chi connectivity index (χ0) is 20.5. The predicted molar refractivity (Wildman–Crippen MR) is 117 cm³/mol. The number of carbonyl (C=O) groups is 1. The molecule has 0 atom stereocenters. The van der Waals surface area contributed by atoms with Crippen LogP contribution in [-0.4, -0.2) is 19.1 Å². The van der Waals surface area contributed by atoms with Crippen LogP contribution in [0.5, 0.6) is 11.5 Å². The van der Waals surface area contributed by atoms with E-state index >= 15 is 0 Å². The quantitative estimate of drug-likeness (QED) is 0.538. The summed E-state index contributed by atoms with van der Waals surface area (Å²) in [7, 11) is 0. The molecule has 0 heterocycles. The highest BCUT2D eigenvalue weighted by Crippen LogP contribution is 2.29. The number of nitrogens with one attached hydrogen (secondary N) is 2. The fraction of sp³-hybridized carbons (Fsp3) is 0.208. The minimum atomic E-state index is -0.217. The van der Waals surface area contributed by atoms with E-state index in [-0.39, 0.29) is 12.5 Å². The van der Waals surface area contributed by atoms with Crippen molar-refractivity contribution < 1.29 is 14.3 Å². The standard InChI is InChI=1S/C24H26N2O3/c1-3-28-23-15-19(16-25-20-7-5-4-6-8-20)11-14-22(23)29-17-24(27)26-21-12-9-18(2)10-13-21/h4-15,25H,3,16-17H2,1-2H3,(H,26,27). The number of aryl methyl sites for hydroxylation is 1.